The first kappa shape index (κ1) is 15.4. The van der Waals surface area contributed by atoms with Crippen molar-refractivity contribution in [2.75, 3.05) is 0 Å². The summed E-state index contributed by atoms with van der Waals surface area (Å²) < 4.78 is 0. The molecule has 0 saturated carbocycles. The van der Waals surface area contributed by atoms with E-state index in [0.29, 0.717) is 16.1 Å². The van der Waals surface area contributed by atoms with Crippen LogP contribution in [0, 0.1) is 12.3 Å². The fourth-order valence-electron chi connectivity index (χ4n) is 1.93. The van der Waals surface area contributed by atoms with Crippen molar-refractivity contribution in [2.45, 2.75) is 45.2 Å². The molecule has 0 saturated heterocycles. The van der Waals surface area contributed by atoms with Gasteiger partial charge in [0.05, 0.1) is 10.0 Å². The highest BCUT2D eigenvalue weighted by Gasteiger charge is 2.14. The molecule has 98 valence electrons. The molecule has 0 aliphatic heterocycles. The Balaban J connectivity index is 2.82. The quantitative estimate of drug-likeness (QED) is 0.737. The maximum atomic E-state index is 6.05. The van der Waals surface area contributed by atoms with Crippen LogP contribution >= 0.6 is 23.2 Å². The topological polar surface area (TPSA) is 12.0 Å². The molecule has 0 heterocycles. The summed E-state index contributed by atoms with van der Waals surface area (Å²) >= 11 is 12.0. The highest BCUT2D eigenvalue weighted by Crippen LogP contribution is 2.27. The monoisotopic (exact) mass is 283 g/mol. The Hall–Kier alpha value is -0.680. The lowest BCUT2D eigenvalue weighted by Gasteiger charge is -2.23. The predicted octanol–water partition coefficient (Wildman–Crippen LogP) is 4.84. The maximum Gasteiger partial charge on any atom is 0.0595 e. The summed E-state index contributed by atoms with van der Waals surface area (Å²) in [6, 6.07) is 6.38. The van der Waals surface area contributed by atoms with Crippen molar-refractivity contribution < 1.29 is 0 Å². The molecule has 0 bridgehead atoms. The van der Waals surface area contributed by atoms with Crippen LogP contribution in [0.25, 0.3) is 0 Å². The van der Waals surface area contributed by atoms with Gasteiger partial charge in [0.2, 0.25) is 0 Å². The van der Waals surface area contributed by atoms with Crippen LogP contribution in [0.15, 0.2) is 18.2 Å². The normalized spacial score (nSPS) is 13.9. The molecule has 2 unspecified atom stereocenters. The van der Waals surface area contributed by atoms with E-state index < -0.39 is 0 Å². The second-order valence-corrected chi connectivity index (χ2v) is 5.13. The summed E-state index contributed by atoms with van der Waals surface area (Å²) in [4.78, 5) is 0. The lowest BCUT2D eigenvalue weighted by molar-refractivity contribution is 0.421. The first-order valence-electron chi connectivity index (χ1n) is 6.26. The molecule has 0 aliphatic rings. The molecule has 0 aromatic heterocycles. The lowest BCUT2D eigenvalue weighted by atomic mass is 10.0. The Morgan fingerprint density at radius 3 is 2.44 bits per heavy atom. The standard InChI is InChI=1S/C15H19Cl2N/c1-4-7-12(5-2)18-15(6-3)11-8-9-13(16)14(17)10-11/h1,8-10,12,15,18H,5-7H2,2-3H3. The van der Waals surface area contributed by atoms with Crippen LogP contribution in [0.5, 0.6) is 0 Å². The fourth-order valence-corrected chi connectivity index (χ4v) is 2.23. The lowest BCUT2D eigenvalue weighted by Crippen LogP contribution is -2.31. The van der Waals surface area contributed by atoms with E-state index in [1.54, 1.807) is 0 Å². The Kier molecular flexibility index (Phi) is 6.57. The van der Waals surface area contributed by atoms with Gasteiger partial charge in [-0.25, -0.2) is 0 Å². The minimum absolute atomic E-state index is 0.262. The molecule has 0 amide bonds. The van der Waals surface area contributed by atoms with Gasteiger partial charge in [-0.05, 0) is 30.5 Å². The van der Waals surface area contributed by atoms with Crippen LogP contribution in [0.2, 0.25) is 10.0 Å². The Morgan fingerprint density at radius 2 is 1.94 bits per heavy atom. The van der Waals surface area contributed by atoms with Crippen LogP contribution in [0.4, 0.5) is 0 Å². The second-order valence-electron chi connectivity index (χ2n) is 4.31. The largest absolute Gasteiger partial charge is 0.306 e. The average Bonchev–Trinajstić information content (AvgIpc) is 2.38. The molecule has 0 spiro atoms. The van der Waals surface area contributed by atoms with Crippen molar-refractivity contribution in [3.8, 4) is 12.3 Å². The molecule has 1 rings (SSSR count). The van der Waals surface area contributed by atoms with Crippen molar-refractivity contribution in [3.05, 3.63) is 33.8 Å². The number of halogens is 2. The summed E-state index contributed by atoms with van der Waals surface area (Å²) in [5.74, 6) is 2.71. The highest BCUT2D eigenvalue weighted by molar-refractivity contribution is 6.42. The Morgan fingerprint density at radius 1 is 1.22 bits per heavy atom. The third-order valence-electron chi connectivity index (χ3n) is 3.05. The number of nitrogens with one attached hydrogen (secondary N) is 1. The highest BCUT2D eigenvalue weighted by atomic mass is 35.5. The molecule has 18 heavy (non-hydrogen) atoms. The predicted molar refractivity (Wildman–Crippen MR) is 80.2 cm³/mol. The average molecular weight is 284 g/mol. The van der Waals surface area contributed by atoms with Crippen molar-refractivity contribution in [1.82, 2.24) is 5.32 Å². The van der Waals surface area contributed by atoms with Gasteiger partial charge in [0.25, 0.3) is 0 Å². The van der Waals surface area contributed by atoms with Gasteiger partial charge in [0, 0.05) is 18.5 Å². The van der Waals surface area contributed by atoms with Gasteiger partial charge in [-0.15, -0.1) is 12.3 Å². The Bertz CT molecular complexity index is 423. The smallest absolute Gasteiger partial charge is 0.0595 e. The molecule has 1 aromatic carbocycles. The van der Waals surface area contributed by atoms with Crippen LogP contribution in [0.3, 0.4) is 0 Å². The number of benzene rings is 1. The van der Waals surface area contributed by atoms with Crippen LogP contribution in [-0.4, -0.2) is 6.04 Å². The van der Waals surface area contributed by atoms with Gasteiger partial charge in [-0.1, -0.05) is 43.1 Å². The first-order valence-corrected chi connectivity index (χ1v) is 7.02. The summed E-state index contributed by atoms with van der Waals surface area (Å²) in [6.07, 6.45) is 8.12. The molecule has 2 atom stereocenters. The molecule has 1 N–H and O–H groups in total. The van der Waals surface area contributed by atoms with Gasteiger partial charge in [0.1, 0.15) is 0 Å². The zero-order chi connectivity index (χ0) is 13.5. The summed E-state index contributed by atoms with van der Waals surface area (Å²) in [7, 11) is 0. The summed E-state index contributed by atoms with van der Waals surface area (Å²) in [6.45, 7) is 4.28. The minimum Gasteiger partial charge on any atom is -0.306 e. The second kappa shape index (κ2) is 7.69. The molecular formula is C15H19Cl2N. The fraction of sp³-hybridized carbons (Fsp3) is 0.467. The van der Waals surface area contributed by atoms with Gasteiger partial charge in [-0.3, -0.25) is 0 Å². The van der Waals surface area contributed by atoms with Crippen LogP contribution in [0.1, 0.15) is 44.7 Å². The van der Waals surface area contributed by atoms with Crippen molar-refractivity contribution in [2.24, 2.45) is 0 Å². The van der Waals surface area contributed by atoms with E-state index in [0.717, 1.165) is 24.8 Å². The van der Waals surface area contributed by atoms with E-state index in [1.807, 2.05) is 18.2 Å². The van der Waals surface area contributed by atoms with Crippen molar-refractivity contribution in [3.63, 3.8) is 0 Å². The van der Waals surface area contributed by atoms with E-state index in [2.05, 4.69) is 25.1 Å². The third kappa shape index (κ3) is 4.21. The van der Waals surface area contributed by atoms with E-state index >= 15 is 0 Å². The van der Waals surface area contributed by atoms with Gasteiger partial charge < -0.3 is 5.32 Å². The number of hydrogen-bond donors (Lipinski definition) is 1. The molecule has 3 heteroatoms. The number of rotatable bonds is 6. The maximum absolute atomic E-state index is 6.05. The van der Waals surface area contributed by atoms with Gasteiger partial charge in [0.15, 0.2) is 0 Å². The zero-order valence-electron chi connectivity index (χ0n) is 10.8. The van der Waals surface area contributed by atoms with Crippen LogP contribution < -0.4 is 5.32 Å². The van der Waals surface area contributed by atoms with Gasteiger partial charge >= 0.3 is 0 Å². The number of hydrogen-bond acceptors (Lipinski definition) is 1. The first-order chi connectivity index (χ1) is 8.62. The van der Waals surface area contributed by atoms with E-state index in [9.17, 15) is 0 Å². The SMILES string of the molecule is C#CCC(CC)NC(CC)c1ccc(Cl)c(Cl)c1. The van der Waals surface area contributed by atoms with Crippen LogP contribution in [-0.2, 0) is 0 Å². The molecule has 0 radical (unpaired) electrons. The third-order valence-corrected chi connectivity index (χ3v) is 3.79. The minimum atomic E-state index is 0.262. The molecule has 1 nitrogen and oxygen atoms in total. The Labute approximate surface area is 120 Å². The number of terminal acetylenes is 1. The van der Waals surface area contributed by atoms with E-state index in [4.69, 9.17) is 29.6 Å². The molecule has 1 aromatic rings. The molecule has 0 fully saturated rings. The molecular weight excluding hydrogens is 265 g/mol. The van der Waals surface area contributed by atoms with Crippen molar-refractivity contribution >= 4 is 23.2 Å². The molecule has 0 aliphatic carbocycles. The van der Waals surface area contributed by atoms with E-state index in [-0.39, 0.29) is 6.04 Å². The summed E-state index contributed by atoms with van der Waals surface area (Å²) in [5.41, 5.74) is 1.15. The zero-order valence-corrected chi connectivity index (χ0v) is 12.4. The van der Waals surface area contributed by atoms with Crippen molar-refractivity contribution in [1.29, 1.82) is 0 Å². The van der Waals surface area contributed by atoms with Gasteiger partial charge in [-0.2, -0.15) is 0 Å². The summed E-state index contributed by atoms with van der Waals surface area (Å²) in [5, 5.41) is 4.76. The van der Waals surface area contributed by atoms with E-state index in [1.165, 1.54) is 0 Å².